The van der Waals surface area contributed by atoms with E-state index in [4.69, 9.17) is 0 Å². The summed E-state index contributed by atoms with van der Waals surface area (Å²) in [6.45, 7) is 3.65. The Morgan fingerprint density at radius 1 is 1.23 bits per heavy atom. The van der Waals surface area contributed by atoms with Crippen molar-refractivity contribution in [2.75, 3.05) is 0 Å². The molecular weight excluding hydrogens is 163 g/mol. The first-order valence-corrected chi connectivity index (χ1v) is 4.69. The van der Waals surface area contributed by atoms with E-state index in [1.54, 1.807) is 6.07 Å². The molecule has 0 aliphatic carbocycles. The van der Waals surface area contributed by atoms with Crippen LogP contribution in [-0.4, -0.2) is 0 Å². The fourth-order valence-corrected chi connectivity index (χ4v) is 1.31. The monoisotopic (exact) mass is 178 g/mol. The molecule has 0 saturated heterocycles. The van der Waals surface area contributed by atoms with Crippen LogP contribution >= 0.6 is 0 Å². The lowest BCUT2D eigenvalue weighted by Crippen LogP contribution is -1.89. The first-order chi connectivity index (χ1) is 6.34. The molecule has 0 heterocycles. The zero-order valence-electron chi connectivity index (χ0n) is 7.80. The average molecular weight is 178 g/mol. The summed E-state index contributed by atoms with van der Waals surface area (Å²) in [5, 5.41) is 0. The van der Waals surface area contributed by atoms with Gasteiger partial charge in [0.25, 0.3) is 0 Å². The van der Waals surface area contributed by atoms with Crippen LogP contribution in [-0.2, 0) is 6.42 Å². The Morgan fingerprint density at radius 3 is 2.69 bits per heavy atom. The smallest absolute Gasteiger partial charge is 0.126 e. The third-order valence-corrected chi connectivity index (χ3v) is 2.06. The summed E-state index contributed by atoms with van der Waals surface area (Å²) in [6, 6.07) is 6.97. The Labute approximate surface area is 79.1 Å². The van der Waals surface area contributed by atoms with E-state index >= 15 is 0 Å². The molecule has 0 amide bonds. The maximum atomic E-state index is 13.1. The molecule has 0 nitrogen and oxygen atoms in total. The number of benzene rings is 1. The van der Waals surface area contributed by atoms with Gasteiger partial charge in [-0.1, -0.05) is 24.3 Å². The van der Waals surface area contributed by atoms with Crippen molar-refractivity contribution in [2.45, 2.75) is 25.7 Å². The van der Waals surface area contributed by atoms with Gasteiger partial charge in [-0.2, -0.15) is 0 Å². The quantitative estimate of drug-likeness (QED) is 0.476. The van der Waals surface area contributed by atoms with Crippen LogP contribution in [0.25, 0.3) is 0 Å². The predicted octanol–water partition coefficient (Wildman–Crippen LogP) is 3.72. The van der Waals surface area contributed by atoms with Crippen molar-refractivity contribution in [3.05, 3.63) is 48.3 Å². The molecule has 1 rings (SSSR count). The second-order valence-corrected chi connectivity index (χ2v) is 3.13. The SMILES string of the molecule is C=CCCCCc1ccccc1F. The lowest BCUT2D eigenvalue weighted by Gasteiger charge is -2.01. The molecule has 0 saturated carbocycles. The van der Waals surface area contributed by atoms with Crippen LogP contribution in [0.3, 0.4) is 0 Å². The summed E-state index contributed by atoms with van der Waals surface area (Å²) in [5.41, 5.74) is 0.826. The lowest BCUT2D eigenvalue weighted by molar-refractivity contribution is 0.601. The summed E-state index contributed by atoms with van der Waals surface area (Å²) >= 11 is 0. The van der Waals surface area contributed by atoms with Gasteiger partial charge in [0.2, 0.25) is 0 Å². The minimum absolute atomic E-state index is 0.0823. The van der Waals surface area contributed by atoms with E-state index in [0.29, 0.717) is 0 Å². The number of aryl methyl sites for hydroxylation is 1. The fourth-order valence-electron chi connectivity index (χ4n) is 1.31. The first-order valence-electron chi connectivity index (χ1n) is 4.69. The van der Waals surface area contributed by atoms with Gasteiger partial charge in [-0.25, -0.2) is 4.39 Å². The third-order valence-electron chi connectivity index (χ3n) is 2.06. The van der Waals surface area contributed by atoms with Crippen LogP contribution in [0.1, 0.15) is 24.8 Å². The van der Waals surface area contributed by atoms with Crippen LogP contribution in [0.2, 0.25) is 0 Å². The number of allylic oxidation sites excluding steroid dienone is 1. The van der Waals surface area contributed by atoms with Crippen LogP contribution in [0, 0.1) is 5.82 Å². The van der Waals surface area contributed by atoms with Crippen LogP contribution in [0.5, 0.6) is 0 Å². The molecule has 0 aliphatic heterocycles. The number of unbranched alkanes of at least 4 members (excludes halogenated alkanes) is 2. The van der Waals surface area contributed by atoms with Gasteiger partial charge in [-0.3, -0.25) is 0 Å². The largest absolute Gasteiger partial charge is 0.207 e. The van der Waals surface area contributed by atoms with Gasteiger partial charge < -0.3 is 0 Å². The normalized spacial score (nSPS) is 9.92. The molecule has 13 heavy (non-hydrogen) atoms. The van der Waals surface area contributed by atoms with E-state index in [0.717, 1.165) is 31.2 Å². The highest BCUT2D eigenvalue weighted by Crippen LogP contribution is 2.10. The molecule has 1 aromatic carbocycles. The highest BCUT2D eigenvalue weighted by molar-refractivity contribution is 5.17. The molecule has 0 spiro atoms. The maximum Gasteiger partial charge on any atom is 0.126 e. The Hall–Kier alpha value is -1.11. The van der Waals surface area contributed by atoms with Crippen molar-refractivity contribution >= 4 is 0 Å². The first kappa shape index (κ1) is 9.97. The highest BCUT2D eigenvalue weighted by Gasteiger charge is 1.98. The molecule has 0 fully saturated rings. The summed E-state index contributed by atoms with van der Waals surface area (Å²) in [5.74, 6) is -0.0823. The number of halogens is 1. The van der Waals surface area contributed by atoms with Crippen molar-refractivity contribution < 1.29 is 4.39 Å². The molecule has 0 bridgehead atoms. The molecule has 0 unspecified atom stereocenters. The standard InChI is InChI=1S/C12H15F/c1-2-3-4-5-8-11-9-6-7-10-12(11)13/h2,6-7,9-10H,1,3-5,8H2. The van der Waals surface area contributed by atoms with Crippen molar-refractivity contribution in [3.8, 4) is 0 Å². The van der Waals surface area contributed by atoms with E-state index in [1.165, 1.54) is 6.07 Å². The second-order valence-electron chi connectivity index (χ2n) is 3.13. The Balaban J connectivity index is 2.36. The molecule has 70 valence electrons. The van der Waals surface area contributed by atoms with E-state index < -0.39 is 0 Å². The van der Waals surface area contributed by atoms with E-state index in [1.807, 2.05) is 18.2 Å². The van der Waals surface area contributed by atoms with Crippen LogP contribution in [0.4, 0.5) is 4.39 Å². The summed E-state index contributed by atoms with van der Waals surface area (Å²) in [4.78, 5) is 0. The number of hydrogen-bond acceptors (Lipinski definition) is 0. The van der Waals surface area contributed by atoms with Crippen molar-refractivity contribution in [3.63, 3.8) is 0 Å². The van der Waals surface area contributed by atoms with Gasteiger partial charge in [-0.05, 0) is 37.3 Å². The molecule has 0 atom stereocenters. The highest BCUT2D eigenvalue weighted by atomic mass is 19.1. The number of hydrogen-bond donors (Lipinski definition) is 0. The maximum absolute atomic E-state index is 13.1. The molecule has 1 heteroatoms. The average Bonchev–Trinajstić information content (AvgIpc) is 2.15. The number of rotatable bonds is 5. The van der Waals surface area contributed by atoms with Crippen molar-refractivity contribution in [1.29, 1.82) is 0 Å². The van der Waals surface area contributed by atoms with Gasteiger partial charge >= 0.3 is 0 Å². The zero-order chi connectivity index (χ0) is 9.52. The van der Waals surface area contributed by atoms with Gasteiger partial charge in [0.15, 0.2) is 0 Å². The predicted molar refractivity (Wildman–Crippen MR) is 54.2 cm³/mol. The van der Waals surface area contributed by atoms with E-state index in [2.05, 4.69) is 6.58 Å². The summed E-state index contributed by atoms with van der Waals surface area (Å²) in [7, 11) is 0. The fraction of sp³-hybridized carbons (Fsp3) is 0.333. The van der Waals surface area contributed by atoms with E-state index in [9.17, 15) is 4.39 Å². The topological polar surface area (TPSA) is 0 Å². The van der Waals surface area contributed by atoms with Gasteiger partial charge in [-0.15, -0.1) is 6.58 Å². The molecule has 0 aliphatic rings. The zero-order valence-corrected chi connectivity index (χ0v) is 7.80. The van der Waals surface area contributed by atoms with Gasteiger partial charge in [0.1, 0.15) is 5.82 Å². The van der Waals surface area contributed by atoms with Gasteiger partial charge in [0.05, 0.1) is 0 Å². The summed E-state index contributed by atoms with van der Waals surface area (Å²) in [6.07, 6.45) is 5.89. The summed E-state index contributed by atoms with van der Waals surface area (Å²) < 4.78 is 13.1. The Morgan fingerprint density at radius 2 is 2.00 bits per heavy atom. The third kappa shape index (κ3) is 3.41. The molecular formula is C12H15F. The lowest BCUT2D eigenvalue weighted by atomic mass is 10.1. The second kappa shape index (κ2) is 5.52. The molecule has 0 aromatic heterocycles. The Bertz CT molecular complexity index is 266. The van der Waals surface area contributed by atoms with Gasteiger partial charge in [0, 0.05) is 0 Å². The molecule has 1 aromatic rings. The van der Waals surface area contributed by atoms with Crippen molar-refractivity contribution in [1.82, 2.24) is 0 Å². The molecule has 0 radical (unpaired) electrons. The van der Waals surface area contributed by atoms with E-state index in [-0.39, 0.29) is 5.82 Å². The molecule has 0 N–H and O–H groups in total. The van der Waals surface area contributed by atoms with Crippen LogP contribution < -0.4 is 0 Å². The Kier molecular flexibility index (Phi) is 4.24. The minimum Gasteiger partial charge on any atom is -0.207 e. The van der Waals surface area contributed by atoms with Crippen LogP contribution in [0.15, 0.2) is 36.9 Å². The van der Waals surface area contributed by atoms with Crippen molar-refractivity contribution in [2.24, 2.45) is 0 Å². The minimum atomic E-state index is -0.0823.